The van der Waals surface area contributed by atoms with E-state index in [-0.39, 0.29) is 5.97 Å². The monoisotopic (exact) mass is 363 g/mol. The maximum absolute atomic E-state index is 11.3. The summed E-state index contributed by atoms with van der Waals surface area (Å²) in [7, 11) is 0. The molecule has 0 aliphatic heterocycles. The SMILES string of the molecule is CCOC(=O)CCc1ccc(COc2cccc(Br)n2)cc1. The van der Waals surface area contributed by atoms with Crippen LogP contribution in [0, 0.1) is 0 Å². The molecule has 0 radical (unpaired) electrons. The summed E-state index contributed by atoms with van der Waals surface area (Å²) in [5.41, 5.74) is 2.17. The van der Waals surface area contributed by atoms with Gasteiger partial charge in [0.1, 0.15) is 11.2 Å². The third-order valence-electron chi connectivity index (χ3n) is 3.02. The Hall–Kier alpha value is -1.88. The standard InChI is InChI=1S/C17H18BrNO3/c1-2-21-17(20)11-10-13-6-8-14(9-7-13)12-22-16-5-3-4-15(18)19-16/h3-9H,2,10-12H2,1H3. The predicted octanol–water partition coefficient (Wildman–Crippen LogP) is 3.92. The van der Waals surface area contributed by atoms with Crippen molar-refractivity contribution in [2.24, 2.45) is 0 Å². The van der Waals surface area contributed by atoms with Gasteiger partial charge < -0.3 is 9.47 Å². The summed E-state index contributed by atoms with van der Waals surface area (Å²) in [5, 5.41) is 0. The van der Waals surface area contributed by atoms with Gasteiger partial charge in [-0.3, -0.25) is 4.79 Å². The minimum atomic E-state index is -0.157. The Kier molecular flexibility index (Phi) is 6.40. The van der Waals surface area contributed by atoms with Crippen LogP contribution >= 0.6 is 15.9 Å². The van der Waals surface area contributed by atoms with Crippen molar-refractivity contribution in [3.63, 3.8) is 0 Å². The quantitative estimate of drug-likeness (QED) is 0.552. The maximum Gasteiger partial charge on any atom is 0.306 e. The lowest BCUT2D eigenvalue weighted by Crippen LogP contribution is -2.05. The molecule has 0 saturated carbocycles. The first-order chi connectivity index (χ1) is 10.7. The summed E-state index contributed by atoms with van der Waals surface area (Å²) in [5.74, 6) is 0.427. The molecule has 0 atom stereocenters. The Morgan fingerprint density at radius 2 is 1.86 bits per heavy atom. The van der Waals surface area contributed by atoms with Gasteiger partial charge in [0, 0.05) is 12.5 Å². The molecule has 0 amide bonds. The number of carbonyl (C=O) groups excluding carboxylic acids is 1. The van der Waals surface area contributed by atoms with Crippen LogP contribution in [0.15, 0.2) is 47.1 Å². The number of aryl methyl sites for hydroxylation is 1. The highest BCUT2D eigenvalue weighted by Crippen LogP contribution is 2.14. The lowest BCUT2D eigenvalue weighted by atomic mass is 10.1. The molecule has 0 N–H and O–H groups in total. The maximum atomic E-state index is 11.3. The summed E-state index contributed by atoms with van der Waals surface area (Å²) < 4.78 is 11.3. The van der Waals surface area contributed by atoms with Crippen LogP contribution < -0.4 is 4.74 Å². The van der Waals surface area contributed by atoms with E-state index in [2.05, 4.69) is 20.9 Å². The molecule has 1 aromatic heterocycles. The first kappa shape index (κ1) is 16.5. The number of halogens is 1. The molecule has 0 aliphatic carbocycles. The summed E-state index contributed by atoms with van der Waals surface area (Å²) >= 11 is 3.31. The molecule has 5 heteroatoms. The molecule has 0 saturated heterocycles. The number of aromatic nitrogens is 1. The molecule has 0 aliphatic rings. The van der Waals surface area contributed by atoms with E-state index in [1.54, 1.807) is 0 Å². The molecule has 4 nitrogen and oxygen atoms in total. The second-order valence-electron chi connectivity index (χ2n) is 4.71. The summed E-state index contributed by atoms with van der Waals surface area (Å²) in [6.07, 6.45) is 1.10. The van der Waals surface area contributed by atoms with Crippen molar-refractivity contribution in [1.29, 1.82) is 0 Å². The van der Waals surface area contributed by atoms with Gasteiger partial charge in [-0.05, 0) is 46.5 Å². The van der Waals surface area contributed by atoms with Crippen LogP contribution in [-0.4, -0.2) is 17.6 Å². The highest BCUT2D eigenvalue weighted by molar-refractivity contribution is 9.10. The zero-order valence-corrected chi connectivity index (χ0v) is 14.0. The van der Waals surface area contributed by atoms with Crippen molar-refractivity contribution in [2.75, 3.05) is 6.61 Å². The number of esters is 1. The highest BCUT2D eigenvalue weighted by atomic mass is 79.9. The zero-order chi connectivity index (χ0) is 15.8. The topological polar surface area (TPSA) is 48.4 Å². The summed E-state index contributed by atoms with van der Waals surface area (Å²) in [6, 6.07) is 13.6. The van der Waals surface area contributed by atoms with E-state index in [0.717, 1.165) is 15.7 Å². The molecule has 2 aromatic rings. The first-order valence-corrected chi connectivity index (χ1v) is 7.95. The smallest absolute Gasteiger partial charge is 0.306 e. The highest BCUT2D eigenvalue weighted by Gasteiger charge is 2.03. The molecular weight excluding hydrogens is 346 g/mol. The van der Waals surface area contributed by atoms with E-state index in [1.807, 2.05) is 49.4 Å². The van der Waals surface area contributed by atoms with Crippen molar-refractivity contribution < 1.29 is 14.3 Å². The van der Waals surface area contributed by atoms with Crippen LogP contribution in [0.5, 0.6) is 5.88 Å². The lowest BCUT2D eigenvalue weighted by molar-refractivity contribution is -0.143. The second-order valence-corrected chi connectivity index (χ2v) is 5.52. The van der Waals surface area contributed by atoms with Gasteiger partial charge in [-0.25, -0.2) is 4.98 Å². The van der Waals surface area contributed by atoms with Crippen LogP contribution in [0.3, 0.4) is 0 Å². The van der Waals surface area contributed by atoms with Crippen molar-refractivity contribution in [1.82, 2.24) is 4.98 Å². The molecule has 1 heterocycles. The van der Waals surface area contributed by atoms with Crippen molar-refractivity contribution in [3.05, 3.63) is 58.2 Å². The number of nitrogens with zero attached hydrogens (tertiary/aromatic N) is 1. The Bertz CT molecular complexity index is 614. The van der Waals surface area contributed by atoms with Gasteiger partial charge in [0.25, 0.3) is 0 Å². The first-order valence-electron chi connectivity index (χ1n) is 7.16. The number of ether oxygens (including phenoxy) is 2. The fourth-order valence-corrected chi connectivity index (χ4v) is 2.24. The summed E-state index contributed by atoms with van der Waals surface area (Å²) in [6.45, 7) is 2.70. The molecule has 0 bridgehead atoms. The molecular formula is C17H18BrNO3. The molecule has 0 fully saturated rings. The summed E-state index contributed by atoms with van der Waals surface area (Å²) in [4.78, 5) is 15.5. The van der Waals surface area contributed by atoms with Gasteiger partial charge in [-0.2, -0.15) is 0 Å². The second kappa shape index (κ2) is 8.54. The van der Waals surface area contributed by atoms with Crippen LogP contribution in [0.1, 0.15) is 24.5 Å². The number of hydrogen-bond donors (Lipinski definition) is 0. The fraction of sp³-hybridized carbons (Fsp3) is 0.294. The van der Waals surface area contributed by atoms with Crippen molar-refractivity contribution in [3.8, 4) is 5.88 Å². The Morgan fingerprint density at radius 1 is 1.14 bits per heavy atom. The minimum absolute atomic E-state index is 0.157. The lowest BCUT2D eigenvalue weighted by Gasteiger charge is -2.07. The van der Waals surface area contributed by atoms with Gasteiger partial charge >= 0.3 is 5.97 Å². The molecule has 1 aromatic carbocycles. The van der Waals surface area contributed by atoms with E-state index in [0.29, 0.717) is 31.9 Å². The minimum Gasteiger partial charge on any atom is -0.473 e. The van der Waals surface area contributed by atoms with Crippen LogP contribution in [0.2, 0.25) is 0 Å². The Labute approximate surface area is 138 Å². The number of benzene rings is 1. The van der Waals surface area contributed by atoms with E-state index in [4.69, 9.17) is 9.47 Å². The zero-order valence-electron chi connectivity index (χ0n) is 12.4. The Morgan fingerprint density at radius 3 is 2.55 bits per heavy atom. The van der Waals surface area contributed by atoms with E-state index < -0.39 is 0 Å². The van der Waals surface area contributed by atoms with E-state index in [9.17, 15) is 4.79 Å². The van der Waals surface area contributed by atoms with E-state index in [1.165, 1.54) is 0 Å². The van der Waals surface area contributed by atoms with E-state index >= 15 is 0 Å². The number of carbonyl (C=O) groups is 1. The number of pyridine rings is 1. The van der Waals surface area contributed by atoms with Crippen molar-refractivity contribution in [2.45, 2.75) is 26.4 Å². The van der Waals surface area contributed by atoms with Gasteiger partial charge in [-0.1, -0.05) is 30.3 Å². The molecule has 22 heavy (non-hydrogen) atoms. The molecule has 2 rings (SSSR count). The Balaban J connectivity index is 1.82. The largest absolute Gasteiger partial charge is 0.473 e. The number of rotatable bonds is 7. The van der Waals surface area contributed by atoms with Crippen LogP contribution in [0.4, 0.5) is 0 Å². The molecule has 0 unspecified atom stereocenters. The van der Waals surface area contributed by atoms with Crippen LogP contribution in [-0.2, 0) is 22.6 Å². The van der Waals surface area contributed by atoms with Gasteiger partial charge in [0.15, 0.2) is 0 Å². The fourth-order valence-electron chi connectivity index (χ4n) is 1.91. The average molecular weight is 364 g/mol. The predicted molar refractivity (Wildman–Crippen MR) is 87.7 cm³/mol. The molecule has 116 valence electrons. The van der Waals surface area contributed by atoms with Crippen LogP contribution in [0.25, 0.3) is 0 Å². The third-order valence-corrected chi connectivity index (χ3v) is 3.46. The van der Waals surface area contributed by atoms with Gasteiger partial charge in [0.2, 0.25) is 5.88 Å². The average Bonchev–Trinajstić information content (AvgIpc) is 2.52. The van der Waals surface area contributed by atoms with Gasteiger partial charge in [-0.15, -0.1) is 0 Å². The number of hydrogen-bond acceptors (Lipinski definition) is 4. The molecule has 0 spiro atoms. The van der Waals surface area contributed by atoms with Crippen molar-refractivity contribution >= 4 is 21.9 Å². The third kappa shape index (κ3) is 5.48. The van der Waals surface area contributed by atoms with Gasteiger partial charge in [0.05, 0.1) is 6.61 Å². The normalized spacial score (nSPS) is 10.3.